The van der Waals surface area contributed by atoms with Crippen molar-refractivity contribution >= 4 is 27.7 Å². The molecule has 1 aromatic heterocycles. The fourth-order valence-corrected chi connectivity index (χ4v) is 2.50. The molecule has 5 nitrogen and oxygen atoms in total. The maximum absolute atomic E-state index is 5.37. The first kappa shape index (κ1) is 13.5. The van der Waals surface area contributed by atoms with Crippen LogP contribution in [-0.4, -0.2) is 35.8 Å². The van der Waals surface area contributed by atoms with E-state index in [4.69, 9.17) is 4.74 Å². The SMILES string of the molecule is CCNc1ncc(Br)c(NC2CCC(OC)C2)n1. The summed E-state index contributed by atoms with van der Waals surface area (Å²) < 4.78 is 6.27. The van der Waals surface area contributed by atoms with Gasteiger partial charge in [0, 0.05) is 25.9 Å². The number of rotatable bonds is 5. The number of aromatic nitrogens is 2. The van der Waals surface area contributed by atoms with Crippen LogP contribution < -0.4 is 10.6 Å². The highest BCUT2D eigenvalue weighted by molar-refractivity contribution is 9.10. The van der Waals surface area contributed by atoms with Gasteiger partial charge in [0.25, 0.3) is 0 Å². The molecule has 0 bridgehead atoms. The highest BCUT2D eigenvalue weighted by Gasteiger charge is 2.25. The molecule has 1 fully saturated rings. The summed E-state index contributed by atoms with van der Waals surface area (Å²) in [4.78, 5) is 8.66. The van der Waals surface area contributed by atoms with Crippen molar-refractivity contribution < 1.29 is 4.74 Å². The third-order valence-electron chi connectivity index (χ3n) is 3.14. The smallest absolute Gasteiger partial charge is 0.224 e. The van der Waals surface area contributed by atoms with E-state index in [0.717, 1.165) is 36.1 Å². The van der Waals surface area contributed by atoms with Gasteiger partial charge in [-0.05, 0) is 42.1 Å². The number of hydrogen-bond donors (Lipinski definition) is 2. The number of hydrogen-bond acceptors (Lipinski definition) is 5. The van der Waals surface area contributed by atoms with Gasteiger partial charge in [-0.1, -0.05) is 0 Å². The molecular weight excluding hydrogens is 296 g/mol. The van der Waals surface area contributed by atoms with Crippen LogP contribution in [0.2, 0.25) is 0 Å². The Kier molecular flexibility index (Phi) is 4.77. The fourth-order valence-electron chi connectivity index (χ4n) is 2.19. The van der Waals surface area contributed by atoms with Crippen molar-refractivity contribution in [1.29, 1.82) is 0 Å². The second kappa shape index (κ2) is 6.33. The van der Waals surface area contributed by atoms with Crippen molar-refractivity contribution in [2.75, 3.05) is 24.3 Å². The minimum Gasteiger partial charge on any atom is -0.381 e. The normalized spacial score (nSPS) is 23.1. The third kappa shape index (κ3) is 3.32. The van der Waals surface area contributed by atoms with Crippen LogP contribution in [0.3, 0.4) is 0 Å². The molecule has 1 heterocycles. The first-order chi connectivity index (χ1) is 8.72. The zero-order chi connectivity index (χ0) is 13.0. The van der Waals surface area contributed by atoms with E-state index >= 15 is 0 Å². The summed E-state index contributed by atoms with van der Waals surface area (Å²) >= 11 is 3.47. The van der Waals surface area contributed by atoms with Gasteiger partial charge in [0.1, 0.15) is 5.82 Å². The molecule has 1 aliphatic rings. The monoisotopic (exact) mass is 314 g/mol. The Balaban J connectivity index is 2.02. The maximum Gasteiger partial charge on any atom is 0.224 e. The van der Waals surface area contributed by atoms with Crippen LogP contribution in [0.4, 0.5) is 11.8 Å². The number of methoxy groups -OCH3 is 1. The Labute approximate surface area is 116 Å². The summed E-state index contributed by atoms with van der Waals surface area (Å²) in [5, 5.41) is 6.57. The second-order valence-corrected chi connectivity index (χ2v) is 5.29. The van der Waals surface area contributed by atoms with Gasteiger partial charge in [0.05, 0.1) is 10.6 Å². The van der Waals surface area contributed by atoms with E-state index < -0.39 is 0 Å². The molecule has 2 unspecified atom stereocenters. The lowest BCUT2D eigenvalue weighted by Gasteiger charge is -2.15. The van der Waals surface area contributed by atoms with Crippen molar-refractivity contribution in [3.63, 3.8) is 0 Å². The summed E-state index contributed by atoms with van der Waals surface area (Å²) in [6.45, 7) is 2.84. The van der Waals surface area contributed by atoms with Crippen molar-refractivity contribution in [1.82, 2.24) is 9.97 Å². The van der Waals surface area contributed by atoms with Crippen LogP contribution >= 0.6 is 15.9 Å². The Morgan fingerprint density at radius 2 is 2.33 bits per heavy atom. The van der Waals surface area contributed by atoms with Crippen LogP contribution in [-0.2, 0) is 4.74 Å². The quantitative estimate of drug-likeness (QED) is 0.875. The first-order valence-electron chi connectivity index (χ1n) is 6.28. The zero-order valence-electron chi connectivity index (χ0n) is 10.7. The third-order valence-corrected chi connectivity index (χ3v) is 3.72. The summed E-state index contributed by atoms with van der Waals surface area (Å²) in [6, 6.07) is 0.427. The number of anilines is 2. The van der Waals surface area contributed by atoms with Crippen molar-refractivity contribution in [2.45, 2.75) is 38.3 Å². The molecule has 0 radical (unpaired) electrons. The summed E-state index contributed by atoms with van der Waals surface area (Å²) in [5.74, 6) is 1.51. The van der Waals surface area contributed by atoms with Crippen molar-refractivity contribution in [2.24, 2.45) is 0 Å². The van der Waals surface area contributed by atoms with Gasteiger partial charge in [0.2, 0.25) is 5.95 Å². The van der Waals surface area contributed by atoms with E-state index in [1.807, 2.05) is 6.92 Å². The molecule has 100 valence electrons. The highest BCUT2D eigenvalue weighted by atomic mass is 79.9. The number of halogens is 1. The molecule has 0 aromatic carbocycles. The van der Waals surface area contributed by atoms with Crippen LogP contribution in [0.5, 0.6) is 0 Å². The lowest BCUT2D eigenvalue weighted by Crippen LogP contribution is -2.19. The lowest BCUT2D eigenvalue weighted by molar-refractivity contribution is 0.108. The topological polar surface area (TPSA) is 59.1 Å². The molecular formula is C12H19BrN4O. The molecule has 1 saturated carbocycles. The van der Waals surface area contributed by atoms with E-state index in [9.17, 15) is 0 Å². The molecule has 0 spiro atoms. The van der Waals surface area contributed by atoms with Gasteiger partial charge in [0.15, 0.2) is 0 Å². The van der Waals surface area contributed by atoms with Gasteiger partial charge in [-0.15, -0.1) is 0 Å². The number of nitrogens with one attached hydrogen (secondary N) is 2. The van der Waals surface area contributed by atoms with Gasteiger partial charge in [-0.25, -0.2) is 4.98 Å². The average Bonchev–Trinajstić information content (AvgIpc) is 2.81. The van der Waals surface area contributed by atoms with E-state index in [2.05, 4.69) is 36.5 Å². The molecule has 0 amide bonds. The molecule has 1 aliphatic carbocycles. The summed E-state index contributed by atoms with van der Waals surface area (Å²) in [7, 11) is 1.77. The van der Waals surface area contributed by atoms with Crippen LogP contribution in [0.1, 0.15) is 26.2 Å². The minimum atomic E-state index is 0.372. The van der Waals surface area contributed by atoms with Gasteiger partial charge in [-0.3, -0.25) is 0 Å². The predicted molar refractivity (Wildman–Crippen MR) is 76.0 cm³/mol. The highest BCUT2D eigenvalue weighted by Crippen LogP contribution is 2.27. The Bertz CT molecular complexity index is 402. The largest absolute Gasteiger partial charge is 0.381 e. The predicted octanol–water partition coefficient (Wildman–Crippen LogP) is 2.65. The average molecular weight is 315 g/mol. The Morgan fingerprint density at radius 1 is 1.50 bits per heavy atom. The fraction of sp³-hybridized carbons (Fsp3) is 0.667. The van der Waals surface area contributed by atoms with Crippen molar-refractivity contribution in [3.8, 4) is 0 Å². The molecule has 6 heteroatoms. The Morgan fingerprint density at radius 3 is 3.00 bits per heavy atom. The zero-order valence-corrected chi connectivity index (χ0v) is 12.3. The molecule has 2 rings (SSSR count). The van der Waals surface area contributed by atoms with E-state index in [1.165, 1.54) is 0 Å². The Hall–Kier alpha value is -0.880. The van der Waals surface area contributed by atoms with Crippen LogP contribution in [0.25, 0.3) is 0 Å². The minimum absolute atomic E-state index is 0.372. The second-order valence-electron chi connectivity index (χ2n) is 4.43. The maximum atomic E-state index is 5.37. The number of nitrogens with zero attached hydrogens (tertiary/aromatic N) is 2. The van der Waals surface area contributed by atoms with E-state index in [0.29, 0.717) is 18.1 Å². The summed E-state index contributed by atoms with van der Waals surface area (Å²) in [6.07, 6.45) is 5.40. The van der Waals surface area contributed by atoms with Crippen molar-refractivity contribution in [3.05, 3.63) is 10.7 Å². The molecule has 0 aliphatic heterocycles. The van der Waals surface area contributed by atoms with Crippen LogP contribution in [0.15, 0.2) is 10.7 Å². The molecule has 0 saturated heterocycles. The molecule has 18 heavy (non-hydrogen) atoms. The molecule has 2 atom stereocenters. The lowest BCUT2D eigenvalue weighted by atomic mass is 10.2. The van der Waals surface area contributed by atoms with Gasteiger partial charge in [-0.2, -0.15) is 4.98 Å². The number of ether oxygens (including phenoxy) is 1. The molecule has 1 aromatic rings. The molecule has 2 N–H and O–H groups in total. The van der Waals surface area contributed by atoms with E-state index in [-0.39, 0.29) is 0 Å². The first-order valence-corrected chi connectivity index (χ1v) is 7.08. The van der Waals surface area contributed by atoms with Crippen LogP contribution in [0, 0.1) is 0 Å². The summed E-state index contributed by atoms with van der Waals surface area (Å²) in [5.41, 5.74) is 0. The standard InChI is InChI=1S/C12H19BrN4O/c1-3-14-12-15-7-10(13)11(17-12)16-8-4-5-9(6-8)18-2/h7-9H,3-6H2,1-2H3,(H2,14,15,16,17). The van der Waals surface area contributed by atoms with E-state index in [1.54, 1.807) is 13.3 Å². The van der Waals surface area contributed by atoms with Gasteiger partial charge < -0.3 is 15.4 Å². The van der Waals surface area contributed by atoms with Gasteiger partial charge >= 0.3 is 0 Å².